The Morgan fingerprint density at radius 1 is 0.754 bits per heavy atom. The van der Waals surface area contributed by atoms with Gasteiger partial charge >= 0.3 is 0 Å². The van der Waals surface area contributed by atoms with Crippen molar-refractivity contribution in [2.75, 3.05) is 22.8 Å². The molecule has 3 N–H and O–H groups in total. The van der Waals surface area contributed by atoms with E-state index in [9.17, 15) is 14.7 Å². The SMILES string of the molecule is COc1ccc([C@@]23C(=O)N(Nc4ccc(Cl)cc4Cl)C(=O)[C@@H]2C[C@@H]2C(=CC[C@@H]4C(=O)N(c5ccc(Nc6ccccc6)cc5)C(=O)[C@@H]42)[C@@H]3c2c(O)ccc3ccccc23)cc1. The van der Waals surface area contributed by atoms with Crippen molar-refractivity contribution in [1.82, 2.24) is 5.01 Å². The van der Waals surface area contributed by atoms with Crippen LogP contribution in [0.4, 0.5) is 22.7 Å². The highest BCUT2D eigenvalue weighted by molar-refractivity contribution is 6.36. The summed E-state index contributed by atoms with van der Waals surface area (Å²) in [7, 11) is 1.55. The second kappa shape index (κ2) is 14.8. The third-order valence-corrected chi connectivity index (χ3v) is 13.6. The van der Waals surface area contributed by atoms with E-state index in [4.69, 9.17) is 27.9 Å². The number of nitrogens with one attached hydrogen (secondary N) is 2. The monoisotopic (exact) mass is 848 g/mol. The molecule has 0 unspecified atom stereocenters. The highest BCUT2D eigenvalue weighted by atomic mass is 35.5. The van der Waals surface area contributed by atoms with Crippen molar-refractivity contribution in [1.29, 1.82) is 0 Å². The van der Waals surface area contributed by atoms with Crippen LogP contribution < -0.4 is 20.4 Å². The van der Waals surface area contributed by atoms with E-state index >= 15 is 9.59 Å². The lowest BCUT2D eigenvalue weighted by atomic mass is 9.48. The van der Waals surface area contributed by atoms with Crippen molar-refractivity contribution < 1.29 is 29.0 Å². The number of nitrogens with zero attached hydrogens (tertiary/aromatic N) is 2. The van der Waals surface area contributed by atoms with Gasteiger partial charge < -0.3 is 15.2 Å². The normalized spacial score (nSPS) is 24.3. The molecule has 0 radical (unpaired) electrons. The number of imide groups is 2. The van der Waals surface area contributed by atoms with Crippen molar-refractivity contribution in [3.05, 3.63) is 166 Å². The summed E-state index contributed by atoms with van der Waals surface area (Å²) < 4.78 is 5.53. The summed E-state index contributed by atoms with van der Waals surface area (Å²) >= 11 is 12.9. The Balaban J connectivity index is 1.13. The smallest absolute Gasteiger partial charge is 0.260 e. The number of allylic oxidation sites excluding steroid dienone is 2. The molecule has 0 spiro atoms. The minimum Gasteiger partial charge on any atom is -0.508 e. The Morgan fingerprint density at radius 3 is 2.21 bits per heavy atom. The first-order valence-electron chi connectivity index (χ1n) is 20.0. The maximum absolute atomic E-state index is 15.7. The summed E-state index contributed by atoms with van der Waals surface area (Å²) in [4.78, 5) is 61.6. The highest BCUT2D eigenvalue weighted by Crippen LogP contribution is 2.65. The van der Waals surface area contributed by atoms with Crippen molar-refractivity contribution in [2.45, 2.75) is 24.2 Å². The maximum Gasteiger partial charge on any atom is 0.260 e. The molecule has 10 nitrogen and oxygen atoms in total. The van der Waals surface area contributed by atoms with Crippen LogP contribution in [0.3, 0.4) is 0 Å². The average molecular weight is 850 g/mol. The molecule has 4 amide bonds. The highest BCUT2D eigenvalue weighted by Gasteiger charge is 2.71. The number of fused-ring (bicyclic) bond motifs is 5. The van der Waals surface area contributed by atoms with Crippen LogP contribution in [0.25, 0.3) is 10.8 Å². The summed E-state index contributed by atoms with van der Waals surface area (Å²) in [6.07, 6.45) is 2.27. The van der Waals surface area contributed by atoms with Crippen LogP contribution in [-0.2, 0) is 24.6 Å². The first kappa shape index (κ1) is 38.6. The van der Waals surface area contributed by atoms with Gasteiger partial charge in [0, 0.05) is 27.9 Å². The number of anilines is 4. The Morgan fingerprint density at radius 2 is 1.48 bits per heavy atom. The third-order valence-electron chi connectivity index (χ3n) is 13.0. The largest absolute Gasteiger partial charge is 0.508 e. The molecule has 6 aromatic rings. The van der Waals surface area contributed by atoms with Crippen LogP contribution in [0.15, 0.2) is 145 Å². The van der Waals surface area contributed by atoms with Crippen LogP contribution in [0.5, 0.6) is 11.5 Å². The second-order valence-corrected chi connectivity index (χ2v) is 16.8. The number of carbonyl (C=O) groups excluding carboxylic acids is 4. The van der Waals surface area contributed by atoms with E-state index in [0.29, 0.717) is 33.0 Å². The standard InChI is InChI=1S/C49H38Cl2N4O6/c1-61-33-19-12-28(13-20-33)49-38(46(58)55(48(49)60)53-40-23-14-29(50)25-39(40)51)26-37-35(44(49)43-34-10-6-5-7-27(34)11-24-41(43)56)21-22-36-42(37)47(59)54(45(36)57)32-17-15-31(16-18-32)52-30-8-3-2-4-9-30/h2-21,23-25,36-38,42,44,52-53,56H,22,26H2,1H3/t36-,37+,38-,42-,44+,49+/m0/s1. The molecular formula is C49H38Cl2N4O6. The van der Waals surface area contributed by atoms with E-state index in [-0.39, 0.29) is 41.1 Å². The van der Waals surface area contributed by atoms with Gasteiger partial charge in [0.2, 0.25) is 11.8 Å². The van der Waals surface area contributed by atoms with Crippen molar-refractivity contribution in [2.24, 2.45) is 23.7 Å². The number of phenolic OH excluding ortho intramolecular Hbond substituents is 1. The number of methoxy groups -OCH3 is 1. The minimum absolute atomic E-state index is 0.0638. The second-order valence-electron chi connectivity index (χ2n) is 16.0. The van der Waals surface area contributed by atoms with Crippen molar-refractivity contribution in [3.63, 3.8) is 0 Å². The van der Waals surface area contributed by atoms with E-state index in [1.807, 2.05) is 78.9 Å². The van der Waals surface area contributed by atoms with Crippen LogP contribution in [0.2, 0.25) is 10.0 Å². The summed E-state index contributed by atoms with van der Waals surface area (Å²) in [6, 6.07) is 39.6. The summed E-state index contributed by atoms with van der Waals surface area (Å²) in [5.41, 5.74) is 5.51. The quantitative estimate of drug-likeness (QED) is 0.102. The van der Waals surface area contributed by atoms with Crippen LogP contribution >= 0.6 is 23.2 Å². The molecule has 0 aromatic heterocycles. The first-order chi connectivity index (χ1) is 29.6. The number of amides is 4. The predicted octanol–water partition coefficient (Wildman–Crippen LogP) is 9.79. The number of halogens is 2. The van der Waals surface area contributed by atoms with E-state index in [1.54, 1.807) is 61.7 Å². The number of para-hydroxylation sites is 1. The Bertz CT molecular complexity index is 2820. The molecule has 3 fully saturated rings. The number of hydrazine groups is 1. The Kier molecular flexibility index (Phi) is 9.38. The molecule has 304 valence electrons. The van der Waals surface area contributed by atoms with Gasteiger partial charge in [0.1, 0.15) is 11.5 Å². The number of phenols is 1. The zero-order chi connectivity index (χ0) is 42.2. The maximum atomic E-state index is 15.7. The molecule has 1 saturated carbocycles. The number of rotatable bonds is 8. The Labute approximate surface area is 361 Å². The van der Waals surface area contributed by atoms with Crippen molar-refractivity contribution in [3.8, 4) is 11.5 Å². The topological polar surface area (TPSA) is 128 Å². The zero-order valence-electron chi connectivity index (χ0n) is 32.7. The fourth-order valence-corrected chi connectivity index (χ4v) is 10.8. The molecule has 10 rings (SSSR count). The molecular weight excluding hydrogens is 811 g/mol. The van der Waals surface area contributed by atoms with E-state index < -0.39 is 46.8 Å². The van der Waals surface area contributed by atoms with E-state index in [0.717, 1.165) is 27.3 Å². The summed E-state index contributed by atoms with van der Waals surface area (Å²) in [6.45, 7) is 0. The Hall–Kier alpha value is -6.62. The van der Waals surface area contributed by atoms with E-state index in [2.05, 4.69) is 10.7 Å². The summed E-state index contributed by atoms with van der Waals surface area (Å²) in [5, 5.41) is 18.5. The molecule has 12 heteroatoms. The van der Waals surface area contributed by atoms with Gasteiger partial charge in [-0.25, -0.2) is 0 Å². The first-order valence-corrected chi connectivity index (χ1v) is 20.8. The van der Waals surface area contributed by atoms with Gasteiger partial charge in [0.05, 0.1) is 46.7 Å². The van der Waals surface area contributed by atoms with E-state index in [1.165, 1.54) is 11.0 Å². The van der Waals surface area contributed by atoms with Gasteiger partial charge in [-0.1, -0.05) is 95.5 Å². The average Bonchev–Trinajstić information content (AvgIpc) is 3.66. The molecule has 2 aliphatic carbocycles. The van der Waals surface area contributed by atoms with Crippen LogP contribution in [0, 0.1) is 23.7 Å². The van der Waals surface area contributed by atoms with Gasteiger partial charge in [0.25, 0.3) is 11.8 Å². The summed E-state index contributed by atoms with van der Waals surface area (Å²) in [5.74, 6) is -5.49. The predicted molar refractivity (Wildman–Crippen MR) is 235 cm³/mol. The van der Waals surface area contributed by atoms with Gasteiger partial charge in [0.15, 0.2) is 0 Å². The van der Waals surface area contributed by atoms with Gasteiger partial charge in [-0.05, 0) is 108 Å². The molecule has 2 heterocycles. The molecule has 6 aromatic carbocycles. The number of hydrogen-bond donors (Lipinski definition) is 3. The van der Waals surface area contributed by atoms with Gasteiger partial charge in [-0.2, -0.15) is 5.01 Å². The molecule has 0 bridgehead atoms. The number of hydrogen-bond acceptors (Lipinski definition) is 8. The number of carbonyl (C=O) groups is 4. The number of benzene rings is 6. The zero-order valence-corrected chi connectivity index (χ0v) is 34.2. The molecule has 61 heavy (non-hydrogen) atoms. The molecule has 6 atom stereocenters. The number of aromatic hydroxyl groups is 1. The fourth-order valence-electron chi connectivity index (χ4n) is 10.4. The van der Waals surface area contributed by atoms with Gasteiger partial charge in [-0.3, -0.25) is 29.5 Å². The lowest BCUT2D eigenvalue weighted by molar-refractivity contribution is -0.138. The minimum atomic E-state index is -1.64. The van der Waals surface area contributed by atoms with Gasteiger partial charge in [-0.15, -0.1) is 0 Å². The fraction of sp³-hybridized carbons (Fsp3) is 0.184. The van der Waals surface area contributed by atoms with Crippen LogP contribution in [0.1, 0.15) is 29.9 Å². The van der Waals surface area contributed by atoms with Crippen LogP contribution in [-0.4, -0.2) is 40.9 Å². The lowest BCUT2D eigenvalue weighted by Crippen LogP contribution is -2.53. The third kappa shape index (κ3) is 5.99. The number of ether oxygens (including phenoxy) is 1. The van der Waals surface area contributed by atoms with Crippen molar-refractivity contribution >= 4 is 80.4 Å². The lowest BCUT2D eigenvalue weighted by Gasteiger charge is -2.51. The molecule has 2 saturated heterocycles. The molecule has 2 aliphatic heterocycles. The molecule has 4 aliphatic rings.